The first-order valence-corrected chi connectivity index (χ1v) is 6.65. The minimum Gasteiger partial charge on any atom is -0.496 e. The zero-order valence-corrected chi connectivity index (χ0v) is 12.2. The number of ether oxygens (including phenoxy) is 1. The van der Waals surface area contributed by atoms with Crippen molar-refractivity contribution in [3.05, 3.63) is 47.5 Å². The van der Waals surface area contributed by atoms with Gasteiger partial charge in [-0.3, -0.25) is 0 Å². The number of methoxy groups -OCH3 is 1. The van der Waals surface area contributed by atoms with Gasteiger partial charge in [0.25, 0.3) is 0 Å². The van der Waals surface area contributed by atoms with Crippen molar-refractivity contribution in [1.29, 1.82) is 5.26 Å². The van der Waals surface area contributed by atoms with Crippen LogP contribution >= 0.6 is 0 Å². The first-order valence-electron chi connectivity index (χ1n) is 6.65. The first-order chi connectivity index (χ1) is 10.1. The SMILES string of the molecule is COc1ccc(C)cc1-c1nc2cc(C#N)ccc2n1C. The van der Waals surface area contributed by atoms with Crippen LogP contribution in [0.4, 0.5) is 0 Å². The summed E-state index contributed by atoms with van der Waals surface area (Å²) in [6.45, 7) is 2.04. The molecule has 1 heterocycles. The lowest BCUT2D eigenvalue weighted by Gasteiger charge is -2.09. The molecule has 0 saturated heterocycles. The van der Waals surface area contributed by atoms with Gasteiger partial charge < -0.3 is 9.30 Å². The Balaban J connectivity index is 2.28. The van der Waals surface area contributed by atoms with Crippen LogP contribution in [0.25, 0.3) is 22.4 Å². The van der Waals surface area contributed by atoms with Gasteiger partial charge in [-0.2, -0.15) is 5.26 Å². The largest absolute Gasteiger partial charge is 0.496 e. The highest BCUT2D eigenvalue weighted by Crippen LogP contribution is 2.32. The van der Waals surface area contributed by atoms with Gasteiger partial charge in [-0.05, 0) is 37.3 Å². The second kappa shape index (κ2) is 4.95. The van der Waals surface area contributed by atoms with Crippen LogP contribution in [0.5, 0.6) is 5.75 Å². The predicted octanol–water partition coefficient (Wildman–Crippen LogP) is 3.43. The number of aryl methyl sites for hydroxylation is 2. The van der Waals surface area contributed by atoms with Crippen molar-refractivity contribution in [2.75, 3.05) is 7.11 Å². The fraction of sp³-hybridized carbons (Fsp3) is 0.176. The summed E-state index contributed by atoms with van der Waals surface area (Å²) in [5.41, 5.74) is 4.52. The van der Waals surface area contributed by atoms with E-state index < -0.39 is 0 Å². The van der Waals surface area contributed by atoms with Crippen molar-refractivity contribution >= 4 is 11.0 Å². The Morgan fingerprint density at radius 1 is 1.19 bits per heavy atom. The zero-order chi connectivity index (χ0) is 15.0. The zero-order valence-electron chi connectivity index (χ0n) is 12.2. The van der Waals surface area contributed by atoms with Gasteiger partial charge in [0, 0.05) is 7.05 Å². The molecule has 1 aromatic heterocycles. The monoisotopic (exact) mass is 277 g/mol. The van der Waals surface area contributed by atoms with E-state index in [1.165, 1.54) is 0 Å². The minimum atomic E-state index is 0.614. The van der Waals surface area contributed by atoms with Crippen LogP contribution in [0.15, 0.2) is 36.4 Å². The molecule has 3 aromatic rings. The molecule has 2 aromatic carbocycles. The summed E-state index contributed by atoms with van der Waals surface area (Å²) >= 11 is 0. The quantitative estimate of drug-likeness (QED) is 0.721. The molecule has 0 saturated carbocycles. The van der Waals surface area contributed by atoms with Crippen molar-refractivity contribution in [3.8, 4) is 23.2 Å². The molecule has 4 heteroatoms. The summed E-state index contributed by atoms with van der Waals surface area (Å²) in [7, 11) is 3.63. The van der Waals surface area contributed by atoms with E-state index in [2.05, 4.69) is 17.1 Å². The van der Waals surface area contributed by atoms with E-state index in [9.17, 15) is 0 Å². The van der Waals surface area contributed by atoms with Gasteiger partial charge >= 0.3 is 0 Å². The third-order valence-corrected chi connectivity index (χ3v) is 3.61. The molecule has 0 fully saturated rings. The van der Waals surface area contributed by atoms with E-state index in [0.717, 1.165) is 33.7 Å². The Hall–Kier alpha value is -2.80. The summed E-state index contributed by atoms with van der Waals surface area (Å²) in [5, 5.41) is 9.00. The molecule has 4 nitrogen and oxygen atoms in total. The van der Waals surface area contributed by atoms with Crippen LogP contribution in [0, 0.1) is 18.3 Å². The molecule has 0 atom stereocenters. The van der Waals surface area contributed by atoms with Gasteiger partial charge in [-0.15, -0.1) is 0 Å². The fourth-order valence-electron chi connectivity index (χ4n) is 2.51. The maximum absolute atomic E-state index is 9.00. The van der Waals surface area contributed by atoms with Crippen LogP contribution in [0.3, 0.4) is 0 Å². The van der Waals surface area contributed by atoms with Crippen LogP contribution in [-0.2, 0) is 7.05 Å². The summed E-state index contributed by atoms with van der Waals surface area (Å²) in [6.07, 6.45) is 0. The Bertz CT molecular complexity index is 872. The van der Waals surface area contributed by atoms with Crippen LogP contribution in [0.2, 0.25) is 0 Å². The van der Waals surface area contributed by atoms with E-state index in [4.69, 9.17) is 10.00 Å². The third kappa shape index (κ3) is 2.13. The molecular formula is C17H15N3O. The number of hydrogen-bond acceptors (Lipinski definition) is 3. The Morgan fingerprint density at radius 3 is 2.71 bits per heavy atom. The number of hydrogen-bond donors (Lipinski definition) is 0. The molecule has 0 amide bonds. The molecule has 104 valence electrons. The summed E-state index contributed by atoms with van der Waals surface area (Å²) in [5.74, 6) is 1.63. The average Bonchev–Trinajstić information content (AvgIpc) is 2.83. The molecule has 21 heavy (non-hydrogen) atoms. The van der Waals surface area contributed by atoms with Crippen molar-refractivity contribution in [3.63, 3.8) is 0 Å². The molecule has 0 bridgehead atoms. The number of benzene rings is 2. The molecule has 3 rings (SSSR count). The molecule has 0 radical (unpaired) electrons. The van der Waals surface area contributed by atoms with Crippen LogP contribution in [-0.4, -0.2) is 16.7 Å². The van der Waals surface area contributed by atoms with Crippen LogP contribution in [0.1, 0.15) is 11.1 Å². The lowest BCUT2D eigenvalue weighted by molar-refractivity contribution is 0.416. The number of nitriles is 1. The molecule has 0 aliphatic rings. The number of rotatable bonds is 2. The number of imidazole rings is 1. The van der Waals surface area contributed by atoms with E-state index in [1.807, 2.05) is 36.7 Å². The highest BCUT2D eigenvalue weighted by Gasteiger charge is 2.14. The van der Waals surface area contributed by atoms with E-state index in [-0.39, 0.29) is 0 Å². The maximum atomic E-state index is 9.00. The van der Waals surface area contributed by atoms with E-state index in [1.54, 1.807) is 19.2 Å². The lowest BCUT2D eigenvalue weighted by atomic mass is 10.1. The average molecular weight is 277 g/mol. The number of fused-ring (bicyclic) bond motifs is 1. The second-order valence-corrected chi connectivity index (χ2v) is 5.01. The molecule has 0 N–H and O–H groups in total. The summed E-state index contributed by atoms with van der Waals surface area (Å²) < 4.78 is 7.47. The van der Waals surface area contributed by atoms with Gasteiger partial charge in [0.05, 0.1) is 35.3 Å². The number of nitrogens with zero attached hydrogens (tertiary/aromatic N) is 3. The van der Waals surface area contributed by atoms with Gasteiger partial charge in [-0.1, -0.05) is 11.6 Å². The topological polar surface area (TPSA) is 50.8 Å². The van der Waals surface area contributed by atoms with Crippen molar-refractivity contribution in [2.45, 2.75) is 6.92 Å². The second-order valence-electron chi connectivity index (χ2n) is 5.01. The summed E-state index contributed by atoms with van der Waals surface area (Å²) in [4.78, 5) is 4.67. The van der Waals surface area contributed by atoms with E-state index >= 15 is 0 Å². The van der Waals surface area contributed by atoms with Gasteiger partial charge in [-0.25, -0.2) is 4.98 Å². The van der Waals surface area contributed by atoms with E-state index in [0.29, 0.717) is 5.56 Å². The summed E-state index contributed by atoms with van der Waals surface area (Å²) in [6, 6.07) is 13.7. The third-order valence-electron chi connectivity index (χ3n) is 3.61. The molecule has 0 spiro atoms. The van der Waals surface area contributed by atoms with Crippen LogP contribution < -0.4 is 4.74 Å². The molecule has 0 unspecified atom stereocenters. The normalized spacial score (nSPS) is 10.6. The van der Waals surface area contributed by atoms with Gasteiger partial charge in [0.2, 0.25) is 0 Å². The lowest BCUT2D eigenvalue weighted by Crippen LogP contribution is -1.96. The molecule has 0 aliphatic heterocycles. The van der Waals surface area contributed by atoms with Crippen molar-refractivity contribution in [1.82, 2.24) is 9.55 Å². The Morgan fingerprint density at radius 2 is 2.00 bits per heavy atom. The maximum Gasteiger partial charge on any atom is 0.144 e. The molecular weight excluding hydrogens is 262 g/mol. The van der Waals surface area contributed by atoms with Crippen molar-refractivity contribution in [2.24, 2.45) is 7.05 Å². The minimum absolute atomic E-state index is 0.614. The number of aromatic nitrogens is 2. The standard InChI is InChI=1S/C17H15N3O/c1-11-4-7-16(21-3)13(8-11)17-19-14-9-12(10-18)5-6-15(14)20(17)2/h4-9H,1-3H3. The fourth-order valence-corrected chi connectivity index (χ4v) is 2.51. The van der Waals surface area contributed by atoms with Gasteiger partial charge in [0.15, 0.2) is 0 Å². The Labute approximate surface area is 123 Å². The van der Waals surface area contributed by atoms with Crippen molar-refractivity contribution < 1.29 is 4.74 Å². The molecule has 0 aliphatic carbocycles. The Kier molecular flexibility index (Phi) is 3.11. The highest BCUT2D eigenvalue weighted by atomic mass is 16.5. The first kappa shape index (κ1) is 13.2. The highest BCUT2D eigenvalue weighted by molar-refractivity contribution is 5.83. The predicted molar refractivity (Wildman–Crippen MR) is 82.2 cm³/mol. The smallest absolute Gasteiger partial charge is 0.144 e. The van der Waals surface area contributed by atoms with Gasteiger partial charge in [0.1, 0.15) is 11.6 Å².